The number of amides is 1. The number of non-ortho nitro benzene ring substituents is 1. The van der Waals surface area contributed by atoms with Crippen molar-refractivity contribution in [1.82, 2.24) is 10.2 Å². The van der Waals surface area contributed by atoms with Gasteiger partial charge in [0.2, 0.25) is 0 Å². The number of nitro benzene ring substituents is 1. The van der Waals surface area contributed by atoms with Gasteiger partial charge in [0.15, 0.2) is 0 Å². The number of piperazine rings is 1. The van der Waals surface area contributed by atoms with E-state index in [1.807, 2.05) is 6.92 Å². The molecule has 1 saturated heterocycles. The van der Waals surface area contributed by atoms with Crippen molar-refractivity contribution in [1.29, 1.82) is 0 Å². The number of nitrogens with zero attached hydrogens (tertiary/aromatic N) is 2. The van der Waals surface area contributed by atoms with Crippen LogP contribution in [0.1, 0.15) is 17.3 Å². The normalized spacial score (nSPS) is 18.9. The molecule has 1 atom stereocenters. The highest BCUT2D eigenvalue weighted by Crippen LogP contribution is 2.31. The fraction of sp³-hybridized carbons (Fsp3) is 0.417. The Bertz CT molecular complexity index is 565. The third-order valence-corrected chi connectivity index (χ3v) is 3.91. The lowest BCUT2D eigenvalue weighted by molar-refractivity contribution is -0.384. The van der Waals surface area contributed by atoms with Crippen LogP contribution in [0.2, 0.25) is 10.0 Å². The van der Waals surface area contributed by atoms with E-state index in [0.29, 0.717) is 19.6 Å². The van der Waals surface area contributed by atoms with Gasteiger partial charge in [0.1, 0.15) is 0 Å². The predicted molar refractivity (Wildman–Crippen MR) is 76.5 cm³/mol. The van der Waals surface area contributed by atoms with Crippen molar-refractivity contribution in [3.63, 3.8) is 0 Å². The number of carbonyl (C=O) groups excluding carboxylic acids is 1. The molecule has 20 heavy (non-hydrogen) atoms. The molecule has 0 aromatic heterocycles. The van der Waals surface area contributed by atoms with Crippen LogP contribution in [0.4, 0.5) is 5.69 Å². The molecule has 8 heteroatoms. The van der Waals surface area contributed by atoms with Gasteiger partial charge in [0.25, 0.3) is 11.6 Å². The number of benzene rings is 1. The van der Waals surface area contributed by atoms with Gasteiger partial charge in [-0.05, 0) is 6.92 Å². The molecule has 0 aliphatic carbocycles. The molecule has 1 aromatic rings. The Kier molecular flexibility index (Phi) is 4.47. The highest BCUT2D eigenvalue weighted by atomic mass is 35.5. The van der Waals surface area contributed by atoms with Gasteiger partial charge in [-0.25, -0.2) is 0 Å². The van der Waals surface area contributed by atoms with Crippen LogP contribution in [-0.2, 0) is 0 Å². The Morgan fingerprint density at radius 2 is 2.20 bits per heavy atom. The van der Waals surface area contributed by atoms with Crippen LogP contribution in [0, 0.1) is 10.1 Å². The topological polar surface area (TPSA) is 75.5 Å². The van der Waals surface area contributed by atoms with Crippen molar-refractivity contribution in [2.24, 2.45) is 0 Å². The van der Waals surface area contributed by atoms with Gasteiger partial charge in [-0.2, -0.15) is 0 Å². The van der Waals surface area contributed by atoms with E-state index >= 15 is 0 Å². The van der Waals surface area contributed by atoms with Crippen LogP contribution < -0.4 is 5.32 Å². The van der Waals surface area contributed by atoms with Crippen LogP contribution in [0.15, 0.2) is 12.1 Å². The number of nitrogens with one attached hydrogen (secondary N) is 1. The van der Waals surface area contributed by atoms with E-state index < -0.39 is 4.92 Å². The first-order valence-corrected chi connectivity index (χ1v) is 6.82. The average Bonchev–Trinajstić information content (AvgIpc) is 2.40. The summed E-state index contributed by atoms with van der Waals surface area (Å²) in [5.74, 6) is -0.339. The van der Waals surface area contributed by atoms with Crippen LogP contribution in [0.5, 0.6) is 0 Å². The predicted octanol–water partition coefficient (Wildman–Crippen LogP) is 2.34. The third-order valence-electron chi connectivity index (χ3n) is 3.11. The van der Waals surface area contributed by atoms with E-state index in [9.17, 15) is 14.9 Å². The van der Waals surface area contributed by atoms with Crippen molar-refractivity contribution < 1.29 is 9.72 Å². The second kappa shape index (κ2) is 5.95. The molecule has 2 rings (SSSR count). The summed E-state index contributed by atoms with van der Waals surface area (Å²) in [6.45, 7) is 3.68. The van der Waals surface area contributed by atoms with Crippen molar-refractivity contribution in [2.45, 2.75) is 13.0 Å². The van der Waals surface area contributed by atoms with Gasteiger partial charge in [0.05, 0.1) is 20.5 Å². The minimum Gasteiger partial charge on any atom is -0.336 e. The van der Waals surface area contributed by atoms with Gasteiger partial charge in [-0.15, -0.1) is 0 Å². The first kappa shape index (κ1) is 15.0. The maximum Gasteiger partial charge on any atom is 0.271 e. The molecule has 108 valence electrons. The summed E-state index contributed by atoms with van der Waals surface area (Å²) in [6.07, 6.45) is 0. The third kappa shape index (κ3) is 3.03. The second-order valence-electron chi connectivity index (χ2n) is 4.65. The molecular formula is C12H13Cl2N3O3. The number of rotatable bonds is 2. The van der Waals surface area contributed by atoms with Crippen LogP contribution >= 0.6 is 23.2 Å². The number of hydrogen-bond acceptors (Lipinski definition) is 4. The number of carbonyl (C=O) groups is 1. The summed E-state index contributed by atoms with van der Waals surface area (Å²) in [4.78, 5) is 24.3. The molecule has 1 amide bonds. The largest absolute Gasteiger partial charge is 0.336 e. The monoisotopic (exact) mass is 317 g/mol. The Hall–Kier alpha value is -1.37. The van der Waals surface area contributed by atoms with Gasteiger partial charge in [-0.1, -0.05) is 23.2 Å². The molecule has 1 aromatic carbocycles. The summed E-state index contributed by atoms with van der Waals surface area (Å²) < 4.78 is 0. The Morgan fingerprint density at radius 1 is 1.50 bits per heavy atom. The fourth-order valence-electron chi connectivity index (χ4n) is 2.12. The maximum absolute atomic E-state index is 12.4. The van der Waals surface area contributed by atoms with E-state index in [1.165, 1.54) is 6.07 Å². The average molecular weight is 318 g/mol. The minimum absolute atomic E-state index is 0.00685. The van der Waals surface area contributed by atoms with Crippen molar-refractivity contribution >= 4 is 34.8 Å². The minimum atomic E-state index is -0.598. The van der Waals surface area contributed by atoms with Gasteiger partial charge in [0, 0.05) is 37.8 Å². The molecule has 0 spiro atoms. The molecule has 6 nitrogen and oxygen atoms in total. The van der Waals surface area contributed by atoms with Crippen molar-refractivity contribution in [2.75, 3.05) is 19.6 Å². The number of nitro groups is 1. The lowest BCUT2D eigenvalue weighted by Crippen LogP contribution is -2.51. The Labute approximate surface area is 125 Å². The summed E-state index contributed by atoms with van der Waals surface area (Å²) in [6, 6.07) is 2.48. The lowest BCUT2D eigenvalue weighted by Gasteiger charge is -2.32. The first-order valence-electron chi connectivity index (χ1n) is 6.06. The highest BCUT2D eigenvalue weighted by Gasteiger charge is 2.26. The molecule has 1 N–H and O–H groups in total. The first-order chi connectivity index (χ1) is 9.40. The van der Waals surface area contributed by atoms with Crippen LogP contribution in [0.3, 0.4) is 0 Å². The van der Waals surface area contributed by atoms with E-state index in [1.54, 1.807) is 4.90 Å². The van der Waals surface area contributed by atoms with E-state index in [4.69, 9.17) is 23.2 Å². The maximum atomic E-state index is 12.4. The number of hydrogen-bond donors (Lipinski definition) is 1. The zero-order chi connectivity index (χ0) is 14.9. The molecule has 1 aliphatic rings. The zero-order valence-corrected chi connectivity index (χ0v) is 12.2. The Morgan fingerprint density at radius 3 is 2.80 bits per heavy atom. The van der Waals surface area contributed by atoms with Gasteiger partial charge in [-0.3, -0.25) is 14.9 Å². The fourth-order valence-corrected chi connectivity index (χ4v) is 2.53. The molecule has 0 saturated carbocycles. The van der Waals surface area contributed by atoms with Gasteiger partial charge >= 0.3 is 0 Å². The zero-order valence-electron chi connectivity index (χ0n) is 10.7. The molecular weight excluding hydrogens is 305 g/mol. The summed E-state index contributed by atoms with van der Waals surface area (Å²) in [5.41, 5.74) is -0.175. The van der Waals surface area contributed by atoms with E-state index in [0.717, 1.165) is 6.07 Å². The van der Waals surface area contributed by atoms with Gasteiger partial charge < -0.3 is 10.2 Å². The van der Waals surface area contributed by atoms with Crippen LogP contribution in [0.25, 0.3) is 0 Å². The SMILES string of the molecule is C[C@H]1CN(C(=O)c2cc([N+](=O)[O-])cc(Cl)c2Cl)CCN1. The second-order valence-corrected chi connectivity index (χ2v) is 5.44. The lowest BCUT2D eigenvalue weighted by atomic mass is 10.1. The summed E-state index contributed by atoms with van der Waals surface area (Å²) in [5, 5.41) is 14.1. The van der Waals surface area contributed by atoms with E-state index in [2.05, 4.69) is 5.32 Å². The molecule has 1 fully saturated rings. The Balaban J connectivity index is 2.35. The number of halogens is 2. The smallest absolute Gasteiger partial charge is 0.271 e. The molecule has 0 unspecified atom stereocenters. The quantitative estimate of drug-likeness (QED) is 0.671. The summed E-state index contributed by atoms with van der Waals surface area (Å²) in [7, 11) is 0. The molecule has 0 radical (unpaired) electrons. The molecule has 1 heterocycles. The standard InChI is InChI=1S/C12H13Cl2N3O3/c1-7-6-16(3-2-15-7)12(18)9-4-8(17(19)20)5-10(13)11(9)14/h4-5,7,15H,2-3,6H2,1H3/t7-/m0/s1. The van der Waals surface area contributed by atoms with Crippen molar-refractivity contribution in [3.8, 4) is 0 Å². The molecule has 1 aliphatic heterocycles. The van der Waals surface area contributed by atoms with Crippen molar-refractivity contribution in [3.05, 3.63) is 37.9 Å². The van der Waals surface area contributed by atoms with E-state index in [-0.39, 0.29) is 33.2 Å². The summed E-state index contributed by atoms with van der Waals surface area (Å²) >= 11 is 11.9. The van der Waals surface area contributed by atoms with Crippen LogP contribution in [-0.4, -0.2) is 41.4 Å². The highest BCUT2D eigenvalue weighted by molar-refractivity contribution is 6.44. The molecule has 0 bridgehead atoms.